The van der Waals surface area contributed by atoms with Crippen molar-refractivity contribution in [2.75, 3.05) is 19.6 Å². The molecule has 1 aliphatic heterocycles. The molecule has 1 aliphatic rings. The van der Waals surface area contributed by atoms with Crippen LogP contribution in [0.4, 0.5) is 0 Å². The first kappa shape index (κ1) is 15.0. The summed E-state index contributed by atoms with van der Waals surface area (Å²) >= 11 is 0. The number of aryl methyl sites for hydroxylation is 2. The number of benzene rings is 1. The summed E-state index contributed by atoms with van der Waals surface area (Å²) in [6, 6.07) is 6.60. The number of likely N-dealkylation sites (tertiary alicyclic amines) is 1. The van der Waals surface area contributed by atoms with Gasteiger partial charge >= 0.3 is 0 Å². The molecule has 0 aromatic heterocycles. The minimum absolute atomic E-state index is 0.197. The van der Waals surface area contributed by atoms with Gasteiger partial charge in [-0.25, -0.2) is 0 Å². The van der Waals surface area contributed by atoms with Crippen molar-refractivity contribution >= 4 is 5.91 Å². The molecule has 0 spiro atoms. The van der Waals surface area contributed by atoms with Gasteiger partial charge in [0.1, 0.15) is 0 Å². The Balaban J connectivity index is 2.12. The molecule has 2 rings (SSSR count). The Kier molecular flexibility index (Phi) is 4.81. The van der Waals surface area contributed by atoms with E-state index in [1.54, 1.807) is 0 Å². The maximum absolute atomic E-state index is 12.8. The van der Waals surface area contributed by atoms with Gasteiger partial charge in [0, 0.05) is 24.7 Å². The van der Waals surface area contributed by atoms with Gasteiger partial charge in [-0.3, -0.25) is 4.79 Å². The largest absolute Gasteiger partial charge is 0.338 e. The van der Waals surface area contributed by atoms with E-state index in [9.17, 15) is 4.79 Å². The number of amides is 1. The van der Waals surface area contributed by atoms with Gasteiger partial charge in [-0.15, -0.1) is 0 Å². The lowest BCUT2D eigenvalue weighted by Crippen LogP contribution is -2.50. The van der Waals surface area contributed by atoms with Crippen molar-refractivity contribution in [1.29, 1.82) is 0 Å². The third kappa shape index (κ3) is 3.04. The number of piperidine rings is 1. The summed E-state index contributed by atoms with van der Waals surface area (Å²) in [5.41, 5.74) is 3.05. The van der Waals surface area contributed by atoms with E-state index in [0.717, 1.165) is 42.7 Å². The van der Waals surface area contributed by atoms with E-state index in [4.69, 9.17) is 0 Å². The van der Waals surface area contributed by atoms with E-state index in [1.165, 1.54) is 0 Å². The molecule has 20 heavy (non-hydrogen) atoms. The molecular formula is C17H26N2O. The third-order valence-electron chi connectivity index (χ3n) is 4.35. The van der Waals surface area contributed by atoms with E-state index in [1.807, 2.05) is 36.9 Å². The SMILES string of the molecule is CCNC1CCN(C(=O)c2c(C)cccc2C)CC1C. The molecule has 0 radical (unpaired) electrons. The second-order valence-corrected chi connectivity index (χ2v) is 5.95. The first-order valence-corrected chi connectivity index (χ1v) is 7.63. The van der Waals surface area contributed by atoms with Crippen LogP contribution < -0.4 is 5.32 Å². The first-order chi connectivity index (χ1) is 9.54. The molecule has 1 amide bonds. The molecule has 0 aliphatic carbocycles. The fourth-order valence-corrected chi connectivity index (χ4v) is 3.21. The second-order valence-electron chi connectivity index (χ2n) is 5.95. The lowest BCUT2D eigenvalue weighted by atomic mass is 9.92. The average molecular weight is 274 g/mol. The van der Waals surface area contributed by atoms with Crippen LogP contribution in [-0.2, 0) is 0 Å². The summed E-state index contributed by atoms with van der Waals surface area (Å²) in [7, 11) is 0. The highest BCUT2D eigenvalue weighted by Gasteiger charge is 2.29. The molecule has 110 valence electrons. The molecule has 1 saturated heterocycles. The van der Waals surface area contributed by atoms with Crippen molar-refractivity contribution in [3.8, 4) is 0 Å². The van der Waals surface area contributed by atoms with Gasteiger partial charge in [0.05, 0.1) is 0 Å². The van der Waals surface area contributed by atoms with Crippen LogP contribution in [0.3, 0.4) is 0 Å². The van der Waals surface area contributed by atoms with Gasteiger partial charge in [0.15, 0.2) is 0 Å². The van der Waals surface area contributed by atoms with Gasteiger partial charge in [-0.2, -0.15) is 0 Å². The molecular weight excluding hydrogens is 248 g/mol. The molecule has 1 N–H and O–H groups in total. The third-order valence-corrected chi connectivity index (χ3v) is 4.35. The summed E-state index contributed by atoms with van der Waals surface area (Å²) < 4.78 is 0. The first-order valence-electron chi connectivity index (χ1n) is 7.63. The van der Waals surface area contributed by atoms with Crippen molar-refractivity contribution in [2.24, 2.45) is 5.92 Å². The fourth-order valence-electron chi connectivity index (χ4n) is 3.21. The predicted octanol–water partition coefficient (Wildman–Crippen LogP) is 2.76. The van der Waals surface area contributed by atoms with Crippen molar-refractivity contribution in [2.45, 2.75) is 40.2 Å². The standard InChI is InChI=1S/C17H26N2O/c1-5-18-15-9-10-19(11-14(15)4)17(20)16-12(2)7-6-8-13(16)3/h6-8,14-15,18H,5,9-11H2,1-4H3. The zero-order chi connectivity index (χ0) is 14.7. The highest BCUT2D eigenvalue weighted by Crippen LogP contribution is 2.22. The monoisotopic (exact) mass is 274 g/mol. The smallest absolute Gasteiger partial charge is 0.254 e. The molecule has 3 nitrogen and oxygen atoms in total. The van der Waals surface area contributed by atoms with Crippen LogP contribution in [0.25, 0.3) is 0 Å². The zero-order valence-electron chi connectivity index (χ0n) is 13.1. The van der Waals surface area contributed by atoms with Crippen LogP contribution in [-0.4, -0.2) is 36.5 Å². The number of hydrogen-bond acceptors (Lipinski definition) is 2. The summed E-state index contributed by atoms with van der Waals surface area (Å²) in [6.07, 6.45) is 1.05. The Morgan fingerprint density at radius 3 is 2.55 bits per heavy atom. The van der Waals surface area contributed by atoms with Crippen LogP contribution >= 0.6 is 0 Å². The zero-order valence-corrected chi connectivity index (χ0v) is 13.1. The van der Waals surface area contributed by atoms with E-state index in [0.29, 0.717) is 12.0 Å². The van der Waals surface area contributed by atoms with Crippen molar-refractivity contribution in [3.05, 3.63) is 34.9 Å². The molecule has 1 heterocycles. The maximum Gasteiger partial charge on any atom is 0.254 e. The molecule has 1 aromatic rings. The highest BCUT2D eigenvalue weighted by molar-refractivity contribution is 5.97. The van der Waals surface area contributed by atoms with Crippen LogP contribution in [0.15, 0.2) is 18.2 Å². The van der Waals surface area contributed by atoms with Gasteiger partial charge in [-0.1, -0.05) is 32.0 Å². The molecule has 1 fully saturated rings. The van der Waals surface area contributed by atoms with Crippen LogP contribution in [0, 0.1) is 19.8 Å². The van der Waals surface area contributed by atoms with Gasteiger partial charge in [-0.05, 0) is 43.9 Å². The number of rotatable bonds is 3. The van der Waals surface area contributed by atoms with E-state index in [2.05, 4.69) is 19.2 Å². The molecule has 1 aromatic carbocycles. The van der Waals surface area contributed by atoms with E-state index < -0.39 is 0 Å². The van der Waals surface area contributed by atoms with Gasteiger partial charge < -0.3 is 10.2 Å². The number of carbonyl (C=O) groups excluding carboxylic acids is 1. The maximum atomic E-state index is 12.8. The highest BCUT2D eigenvalue weighted by atomic mass is 16.2. The molecule has 2 atom stereocenters. The van der Waals surface area contributed by atoms with Crippen LogP contribution in [0.2, 0.25) is 0 Å². The Labute approximate surface area is 122 Å². The Hall–Kier alpha value is -1.35. The minimum Gasteiger partial charge on any atom is -0.338 e. The van der Waals surface area contributed by atoms with Gasteiger partial charge in [0.25, 0.3) is 5.91 Å². The number of nitrogens with zero attached hydrogens (tertiary/aromatic N) is 1. The van der Waals surface area contributed by atoms with Crippen molar-refractivity contribution in [1.82, 2.24) is 10.2 Å². The summed E-state index contributed by atoms with van der Waals surface area (Å²) in [5.74, 6) is 0.708. The number of nitrogens with one attached hydrogen (secondary N) is 1. The molecule has 2 unspecified atom stereocenters. The van der Waals surface area contributed by atoms with Gasteiger partial charge in [0.2, 0.25) is 0 Å². The Bertz CT molecular complexity index is 464. The van der Waals surface area contributed by atoms with Crippen LogP contribution in [0.1, 0.15) is 41.8 Å². The van der Waals surface area contributed by atoms with E-state index in [-0.39, 0.29) is 5.91 Å². The predicted molar refractivity (Wildman–Crippen MR) is 83.1 cm³/mol. The normalized spacial score (nSPS) is 22.9. The quantitative estimate of drug-likeness (QED) is 0.919. The summed E-state index contributed by atoms with van der Waals surface area (Å²) in [4.78, 5) is 14.8. The average Bonchev–Trinajstić information content (AvgIpc) is 2.41. The molecule has 3 heteroatoms. The number of carbonyl (C=O) groups is 1. The fraction of sp³-hybridized carbons (Fsp3) is 0.588. The lowest BCUT2D eigenvalue weighted by molar-refractivity contribution is 0.0644. The second kappa shape index (κ2) is 6.40. The molecule has 0 saturated carbocycles. The lowest BCUT2D eigenvalue weighted by Gasteiger charge is -2.37. The van der Waals surface area contributed by atoms with Crippen molar-refractivity contribution < 1.29 is 4.79 Å². The topological polar surface area (TPSA) is 32.3 Å². The summed E-state index contributed by atoms with van der Waals surface area (Å²) in [6.45, 7) is 11.1. The minimum atomic E-state index is 0.197. The van der Waals surface area contributed by atoms with Crippen molar-refractivity contribution in [3.63, 3.8) is 0 Å². The Morgan fingerprint density at radius 1 is 1.35 bits per heavy atom. The molecule has 0 bridgehead atoms. The number of hydrogen-bond donors (Lipinski definition) is 1. The summed E-state index contributed by atoms with van der Waals surface area (Å²) in [5, 5.41) is 3.52. The van der Waals surface area contributed by atoms with Crippen LogP contribution in [0.5, 0.6) is 0 Å². The van der Waals surface area contributed by atoms with E-state index >= 15 is 0 Å². The Morgan fingerprint density at radius 2 is 2.00 bits per heavy atom.